The summed E-state index contributed by atoms with van der Waals surface area (Å²) in [5.74, 6) is 0.810. The summed E-state index contributed by atoms with van der Waals surface area (Å²) < 4.78 is 2.44. The van der Waals surface area contributed by atoms with Gasteiger partial charge in [0, 0.05) is 6.42 Å². The lowest BCUT2D eigenvalue weighted by atomic mass is 10.00. The van der Waals surface area contributed by atoms with E-state index in [0.29, 0.717) is 0 Å². The lowest BCUT2D eigenvalue weighted by molar-refractivity contribution is -0.107. The highest BCUT2D eigenvalue weighted by molar-refractivity contribution is 7.78. The topological polar surface area (TPSA) is 55.1 Å². The van der Waals surface area contributed by atoms with Crippen LogP contribution in [0.25, 0.3) is 0 Å². The minimum Gasteiger partial charge on any atom is -0.333 e. The molecule has 0 radical (unpaired) electrons. The highest BCUT2D eigenvalue weighted by Crippen LogP contribution is 2.12. The zero-order valence-corrected chi connectivity index (χ0v) is 13.5. The SMILES string of the molecule is CC.CCCC(C)CCCC=O.CN.CNS. The average Bonchev–Trinajstić information content (AvgIpc) is 2.36. The molecule has 0 fully saturated rings. The number of hydrogen-bond acceptors (Lipinski definition) is 4. The minimum absolute atomic E-state index is 0.744. The molecule has 1 atom stereocenters. The Morgan fingerprint density at radius 3 is 2.00 bits per heavy atom. The molecule has 108 valence electrons. The molecular weight excluding hydrogens is 232 g/mol. The fourth-order valence-electron chi connectivity index (χ4n) is 1.19. The van der Waals surface area contributed by atoms with Crippen LogP contribution in [0, 0.1) is 5.92 Å². The maximum absolute atomic E-state index is 9.94. The molecule has 1 unspecified atom stereocenters. The van der Waals surface area contributed by atoms with Crippen LogP contribution in [0.3, 0.4) is 0 Å². The normalized spacial score (nSPS) is 9.41. The van der Waals surface area contributed by atoms with E-state index in [1.807, 2.05) is 13.8 Å². The molecule has 3 N–H and O–H groups in total. The third-order valence-electron chi connectivity index (χ3n) is 1.80. The molecule has 0 amide bonds. The first-order valence-electron chi connectivity index (χ1n) is 6.55. The monoisotopic (exact) mass is 266 g/mol. The Morgan fingerprint density at radius 1 is 1.29 bits per heavy atom. The number of carbonyl (C=O) groups is 1. The van der Waals surface area contributed by atoms with E-state index in [-0.39, 0.29) is 0 Å². The molecule has 0 saturated heterocycles. The van der Waals surface area contributed by atoms with Gasteiger partial charge in [-0.1, -0.05) is 59.8 Å². The van der Waals surface area contributed by atoms with Gasteiger partial charge in [0.15, 0.2) is 0 Å². The molecule has 0 heterocycles. The van der Waals surface area contributed by atoms with Crippen molar-refractivity contribution in [3.8, 4) is 0 Å². The van der Waals surface area contributed by atoms with Gasteiger partial charge in [0.2, 0.25) is 0 Å². The molecule has 0 aliphatic carbocycles. The molecule has 4 heteroatoms. The van der Waals surface area contributed by atoms with Crippen LogP contribution in [0.15, 0.2) is 0 Å². The molecule has 0 aromatic rings. The number of nitrogens with one attached hydrogen (secondary N) is 1. The second-order valence-electron chi connectivity index (χ2n) is 3.22. The lowest BCUT2D eigenvalue weighted by Crippen LogP contribution is -1.93. The van der Waals surface area contributed by atoms with Crippen molar-refractivity contribution < 1.29 is 4.79 Å². The molecule has 0 aromatic carbocycles. The van der Waals surface area contributed by atoms with Crippen LogP contribution >= 0.6 is 12.8 Å². The van der Waals surface area contributed by atoms with Crippen molar-refractivity contribution in [2.75, 3.05) is 14.1 Å². The Balaban J connectivity index is -0.000000102. The first kappa shape index (κ1) is 25.7. The van der Waals surface area contributed by atoms with Crippen molar-refractivity contribution in [2.45, 2.75) is 59.8 Å². The van der Waals surface area contributed by atoms with E-state index in [1.165, 1.54) is 26.3 Å². The quantitative estimate of drug-likeness (QED) is 0.392. The van der Waals surface area contributed by atoms with Crippen LogP contribution in [0.1, 0.15) is 59.8 Å². The molecule has 0 aliphatic heterocycles. The van der Waals surface area contributed by atoms with Gasteiger partial charge < -0.3 is 10.5 Å². The van der Waals surface area contributed by atoms with Gasteiger partial charge in [0.05, 0.1) is 0 Å². The number of nitrogens with two attached hydrogens (primary N) is 1. The van der Waals surface area contributed by atoms with E-state index >= 15 is 0 Å². The number of rotatable bonds is 6. The molecule has 0 bridgehead atoms. The number of thiol groups is 1. The summed E-state index contributed by atoms with van der Waals surface area (Å²) in [6.07, 6.45) is 6.62. The fraction of sp³-hybridized carbons (Fsp3) is 0.923. The van der Waals surface area contributed by atoms with E-state index in [2.05, 4.69) is 37.1 Å². The highest BCUT2D eigenvalue weighted by atomic mass is 32.1. The van der Waals surface area contributed by atoms with Crippen LogP contribution < -0.4 is 10.5 Å². The van der Waals surface area contributed by atoms with Crippen molar-refractivity contribution in [1.82, 2.24) is 4.72 Å². The van der Waals surface area contributed by atoms with Crippen molar-refractivity contribution in [1.29, 1.82) is 0 Å². The van der Waals surface area contributed by atoms with Crippen LogP contribution in [-0.2, 0) is 4.79 Å². The lowest BCUT2D eigenvalue weighted by Gasteiger charge is -2.06. The molecule has 0 rings (SSSR count). The van der Waals surface area contributed by atoms with Crippen LogP contribution in [0.5, 0.6) is 0 Å². The molecule has 0 saturated carbocycles. The molecule has 17 heavy (non-hydrogen) atoms. The van der Waals surface area contributed by atoms with Crippen molar-refractivity contribution in [3.05, 3.63) is 0 Å². The Kier molecular flexibility index (Phi) is 54.4. The third kappa shape index (κ3) is 49.1. The van der Waals surface area contributed by atoms with Gasteiger partial charge in [-0.15, -0.1) is 0 Å². The Bertz CT molecular complexity index is 103. The number of carbonyl (C=O) groups excluding carboxylic acids is 1. The number of hydrogen-bond donors (Lipinski definition) is 3. The Morgan fingerprint density at radius 2 is 1.71 bits per heavy atom. The van der Waals surface area contributed by atoms with Crippen LogP contribution in [-0.4, -0.2) is 20.4 Å². The summed E-state index contributed by atoms with van der Waals surface area (Å²) in [5.41, 5.74) is 4.50. The smallest absolute Gasteiger partial charge is 0.119 e. The molecule has 0 aromatic heterocycles. The first-order valence-corrected chi connectivity index (χ1v) is 6.99. The summed E-state index contributed by atoms with van der Waals surface area (Å²) in [6, 6.07) is 0. The predicted molar refractivity (Wildman–Crippen MR) is 83.5 cm³/mol. The summed E-state index contributed by atoms with van der Waals surface area (Å²) in [4.78, 5) is 9.94. The first-order chi connectivity index (χ1) is 8.22. The van der Waals surface area contributed by atoms with Gasteiger partial charge in [-0.25, -0.2) is 0 Å². The highest BCUT2D eigenvalue weighted by Gasteiger charge is 1.98. The van der Waals surface area contributed by atoms with Gasteiger partial charge in [-0.3, -0.25) is 4.72 Å². The van der Waals surface area contributed by atoms with Gasteiger partial charge in [0.25, 0.3) is 0 Å². The predicted octanol–water partition coefficient (Wildman–Crippen LogP) is 3.44. The minimum atomic E-state index is 0.744. The van der Waals surface area contributed by atoms with Gasteiger partial charge in [0.1, 0.15) is 6.29 Å². The van der Waals surface area contributed by atoms with Gasteiger partial charge >= 0.3 is 0 Å². The second kappa shape index (κ2) is 36.0. The van der Waals surface area contributed by atoms with E-state index in [9.17, 15) is 4.79 Å². The maximum atomic E-state index is 9.94. The van der Waals surface area contributed by atoms with E-state index < -0.39 is 0 Å². The zero-order valence-electron chi connectivity index (χ0n) is 12.6. The summed E-state index contributed by atoms with van der Waals surface area (Å²) in [7, 11) is 3.24. The van der Waals surface area contributed by atoms with E-state index in [4.69, 9.17) is 0 Å². The largest absolute Gasteiger partial charge is 0.333 e. The van der Waals surface area contributed by atoms with Crippen molar-refractivity contribution in [2.24, 2.45) is 11.7 Å². The van der Waals surface area contributed by atoms with Crippen LogP contribution in [0.2, 0.25) is 0 Å². The Hall–Kier alpha value is -0.0600. The third-order valence-corrected chi connectivity index (χ3v) is 1.80. The molecule has 0 aliphatic rings. The van der Waals surface area contributed by atoms with E-state index in [0.717, 1.165) is 25.0 Å². The van der Waals surface area contributed by atoms with Gasteiger partial charge in [-0.2, -0.15) is 0 Å². The molecule has 0 spiro atoms. The molecule has 3 nitrogen and oxygen atoms in total. The summed E-state index contributed by atoms with van der Waals surface area (Å²) in [6.45, 7) is 8.46. The fourth-order valence-corrected chi connectivity index (χ4v) is 1.19. The Labute approximate surface area is 114 Å². The standard InChI is InChI=1S/C9H18O.C2H6.CH5NS.CH5N/c1-3-6-9(2)7-4-5-8-10;1-2;1-2-3;1-2/h8-9H,3-7H2,1-2H3;1-2H3;2-3H,1H3;2H2,1H3. The summed E-state index contributed by atoms with van der Waals surface area (Å²) in [5, 5.41) is 0. The summed E-state index contributed by atoms with van der Waals surface area (Å²) >= 11 is 3.54. The van der Waals surface area contributed by atoms with Crippen LogP contribution in [0.4, 0.5) is 0 Å². The van der Waals surface area contributed by atoms with Crippen molar-refractivity contribution in [3.63, 3.8) is 0 Å². The number of unbranched alkanes of at least 4 members (excludes halogenated alkanes) is 1. The molecular formula is C13H34N2OS. The number of aldehydes is 1. The zero-order chi connectivity index (χ0) is 14.5. The van der Waals surface area contributed by atoms with Gasteiger partial charge in [-0.05, 0) is 26.4 Å². The van der Waals surface area contributed by atoms with E-state index in [1.54, 1.807) is 7.05 Å². The van der Waals surface area contributed by atoms with Crippen molar-refractivity contribution >= 4 is 19.1 Å². The second-order valence-corrected chi connectivity index (χ2v) is 3.66. The maximum Gasteiger partial charge on any atom is 0.119 e. The average molecular weight is 266 g/mol.